The lowest BCUT2D eigenvalue weighted by Gasteiger charge is -2.32. The fourth-order valence-corrected chi connectivity index (χ4v) is 5.21. The van der Waals surface area contributed by atoms with Crippen molar-refractivity contribution in [2.24, 2.45) is 5.92 Å². The van der Waals surface area contributed by atoms with Crippen molar-refractivity contribution in [3.63, 3.8) is 0 Å². The van der Waals surface area contributed by atoms with Crippen LogP contribution in [0.3, 0.4) is 0 Å². The number of Topliss-reactive ketones (excluding diaryl/α,β-unsaturated/α-hetero) is 1. The van der Waals surface area contributed by atoms with E-state index < -0.39 is 78.0 Å². The molecule has 4 amide bonds. The van der Waals surface area contributed by atoms with Gasteiger partial charge in [0.1, 0.15) is 24.1 Å². The van der Waals surface area contributed by atoms with E-state index in [0.29, 0.717) is 4.90 Å². The number of ether oxygens (including phenoxy) is 1. The fraction of sp³-hybridized carbons (Fsp3) is 0.444. The van der Waals surface area contributed by atoms with E-state index in [4.69, 9.17) is 10.00 Å². The minimum Gasteiger partial charge on any atom is -0.436 e. The zero-order valence-electron chi connectivity index (χ0n) is 22.3. The Morgan fingerprint density at radius 2 is 1.93 bits per heavy atom. The molecular formula is C27H26F5N5O5. The number of ketones is 1. The minimum absolute atomic E-state index is 0.00157. The van der Waals surface area contributed by atoms with Gasteiger partial charge in [0.15, 0.2) is 17.2 Å². The molecule has 2 unspecified atom stereocenters. The second-order valence-corrected chi connectivity index (χ2v) is 10.2. The van der Waals surface area contributed by atoms with Crippen LogP contribution in [0.4, 0.5) is 31.5 Å². The Labute approximate surface area is 236 Å². The SMILES string of the molecule is C[C@H](N(Cc1ccc(F)cc1)C(=O)CN1CC2(CCC3C(=O)C(NC(=O)NCCC#N)=C(F)C=C32)OC1=O)C(F)(F)F. The highest BCUT2D eigenvalue weighted by Gasteiger charge is 2.57. The predicted molar refractivity (Wildman–Crippen MR) is 134 cm³/mol. The summed E-state index contributed by atoms with van der Waals surface area (Å²) >= 11 is 0. The van der Waals surface area contributed by atoms with Crippen molar-refractivity contribution >= 4 is 23.8 Å². The van der Waals surface area contributed by atoms with Crippen molar-refractivity contribution in [1.82, 2.24) is 20.4 Å². The number of amides is 4. The third-order valence-corrected chi connectivity index (χ3v) is 7.42. The van der Waals surface area contributed by atoms with Gasteiger partial charge >= 0.3 is 18.3 Å². The second kappa shape index (κ2) is 11.8. The first-order valence-electron chi connectivity index (χ1n) is 12.9. The van der Waals surface area contributed by atoms with Gasteiger partial charge in [0, 0.05) is 19.0 Å². The average molecular weight is 596 g/mol. The number of carbonyl (C=O) groups excluding carboxylic acids is 4. The van der Waals surface area contributed by atoms with Crippen LogP contribution in [0, 0.1) is 23.1 Å². The van der Waals surface area contributed by atoms with Crippen molar-refractivity contribution in [2.75, 3.05) is 19.6 Å². The lowest BCUT2D eigenvalue weighted by molar-refractivity contribution is -0.187. The number of nitrogens with zero attached hydrogens (tertiary/aromatic N) is 3. The first kappa shape index (κ1) is 30.5. The maximum atomic E-state index is 15.0. The summed E-state index contributed by atoms with van der Waals surface area (Å²) in [5.74, 6) is -4.45. The molecule has 0 aromatic heterocycles. The molecule has 15 heteroatoms. The molecule has 2 N–H and O–H groups in total. The van der Waals surface area contributed by atoms with Gasteiger partial charge in [-0.2, -0.15) is 18.4 Å². The van der Waals surface area contributed by atoms with Crippen LogP contribution >= 0.6 is 0 Å². The number of alkyl halides is 3. The van der Waals surface area contributed by atoms with Crippen LogP contribution in [0.2, 0.25) is 0 Å². The molecule has 1 saturated heterocycles. The van der Waals surface area contributed by atoms with Crippen LogP contribution < -0.4 is 10.6 Å². The van der Waals surface area contributed by atoms with Gasteiger partial charge in [-0.15, -0.1) is 0 Å². The van der Waals surface area contributed by atoms with Crippen LogP contribution in [0.1, 0.15) is 31.7 Å². The number of urea groups is 1. The molecule has 2 fully saturated rings. The number of hydrogen-bond donors (Lipinski definition) is 2. The van der Waals surface area contributed by atoms with Crippen LogP contribution in [-0.2, 0) is 20.9 Å². The Morgan fingerprint density at radius 3 is 2.57 bits per heavy atom. The molecule has 0 bridgehead atoms. The zero-order valence-corrected chi connectivity index (χ0v) is 22.3. The van der Waals surface area contributed by atoms with Crippen LogP contribution in [0.5, 0.6) is 0 Å². The monoisotopic (exact) mass is 595 g/mol. The molecule has 4 rings (SSSR count). The molecule has 224 valence electrons. The van der Waals surface area contributed by atoms with E-state index in [0.717, 1.165) is 30.0 Å². The number of fused-ring (bicyclic) bond motifs is 2. The highest BCUT2D eigenvalue weighted by Crippen LogP contribution is 2.49. The third-order valence-electron chi connectivity index (χ3n) is 7.42. The van der Waals surface area contributed by atoms with E-state index in [1.165, 1.54) is 12.1 Å². The number of carbonyl (C=O) groups is 4. The predicted octanol–water partition coefficient (Wildman–Crippen LogP) is 3.61. The summed E-state index contributed by atoms with van der Waals surface area (Å²) in [5.41, 5.74) is -1.73. The summed E-state index contributed by atoms with van der Waals surface area (Å²) in [6, 6.07) is 3.26. The quantitative estimate of drug-likeness (QED) is 0.349. The van der Waals surface area contributed by atoms with Crippen molar-refractivity contribution in [1.29, 1.82) is 5.26 Å². The molecule has 1 heterocycles. The van der Waals surface area contributed by atoms with Gasteiger partial charge in [-0.1, -0.05) is 12.1 Å². The van der Waals surface area contributed by atoms with Crippen molar-refractivity contribution in [2.45, 2.75) is 50.6 Å². The molecule has 2 aliphatic carbocycles. The Balaban J connectivity index is 1.51. The van der Waals surface area contributed by atoms with Gasteiger partial charge in [-0.05, 0) is 49.1 Å². The number of rotatable bonds is 8. The smallest absolute Gasteiger partial charge is 0.411 e. The average Bonchev–Trinajstić information content (AvgIpc) is 3.43. The Bertz CT molecular complexity index is 1390. The second-order valence-electron chi connectivity index (χ2n) is 10.2. The number of benzene rings is 1. The number of nitrogens with one attached hydrogen (secondary N) is 2. The molecular weight excluding hydrogens is 569 g/mol. The normalized spacial score (nSPS) is 22.4. The lowest BCUT2D eigenvalue weighted by atomic mass is 9.85. The number of hydrogen-bond acceptors (Lipinski definition) is 6. The maximum absolute atomic E-state index is 15.0. The fourth-order valence-electron chi connectivity index (χ4n) is 5.21. The van der Waals surface area contributed by atoms with Crippen molar-refractivity contribution < 1.29 is 45.9 Å². The Morgan fingerprint density at radius 1 is 1.24 bits per heavy atom. The summed E-state index contributed by atoms with van der Waals surface area (Å²) in [4.78, 5) is 52.4. The topological polar surface area (TPSA) is 132 Å². The van der Waals surface area contributed by atoms with E-state index >= 15 is 4.39 Å². The minimum atomic E-state index is -4.80. The van der Waals surface area contributed by atoms with E-state index in [1.807, 2.05) is 6.07 Å². The number of nitriles is 1. The molecule has 0 radical (unpaired) electrons. The summed E-state index contributed by atoms with van der Waals surface area (Å²) in [6.45, 7) is -0.849. The van der Waals surface area contributed by atoms with E-state index in [9.17, 15) is 36.7 Å². The van der Waals surface area contributed by atoms with Gasteiger partial charge in [0.05, 0.1) is 19.0 Å². The lowest BCUT2D eigenvalue weighted by Crippen LogP contribution is -2.50. The van der Waals surface area contributed by atoms with Crippen molar-refractivity contribution in [3.05, 3.63) is 58.8 Å². The Hall–Kier alpha value is -4.48. The zero-order chi connectivity index (χ0) is 30.8. The summed E-state index contributed by atoms with van der Waals surface area (Å²) < 4.78 is 74.7. The molecule has 1 spiro atoms. The molecule has 1 aliphatic heterocycles. The van der Waals surface area contributed by atoms with Gasteiger partial charge in [0.2, 0.25) is 5.91 Å². The molecule has 42 heavy (non-hydrogen) atoms. The van der Waals surface area contributed by atoms with Gasteiger partial charge in [-0.3, -0.25) is 14.5 Å². The highest BCUT2D eigenvalue weighted by molar-refractivity contribution is 6.04. The summed E-state index contributed by atoms with van der Waals surface area (Å²) in [6.07, 6.45) is -4.65. The van der Waals surface area contributed by atoms with Gasteiger partial charge < -0.3 is 20.3 Å². The number of allylic oxidation sites excluding steroid dienone is 3. The molecule has 1 aromatic rings. The molecule has 10 nitrogen and oxygen atoms in total. The maximum Gasteiger partial charge on any atom is 0.411 e. The van der Waals surface area contributed by atoms with Crippen molar-refractivity contribution in [3.8, 4) is 6.07 Å². The summed E-state index contributed by atoms with van der Waals surface area (Å²) in [5, 5.41) is 13.0. The van der Waals surface area contributed by atoms with Crippen LogP contribution in [0.25, 0.3) is 0 Å². The molecule has 3 atom stereocenters. The number of halogens is 5. The summed E-state index contributed by atoms with van der Waals surface area (Å²) in [7, 11) is 0. The van der Waals surface area contributed by atoms with Crippen LogP contribution in [-0.4, -0.2) is 71.1 Å². The standard InChI is InChI=1S/C27H26F5N5O5/c1-15(27(30,31)32)37(12-16-3-5-17(28)6-4-16)21(38)13-36-14-26(42-25(36)41)8-7-18-19(26)11-20(29)22(23(18)39)35-24(40)34-10-2-9-33/h3-6,11,15,18H,2,7-8,10,12-14H2,1H3,(H2,34,35,40)/t15-,18?,26?/m0/s1. The van der Waals surface area contributed by atoms with Gasteiger partial charge in [0.25, 0.3) is 0 Å². The van der Waals surface area contributed by atoms with E-state index in [2.05, 4.69) is 10.6 Å². The van der Waals surface area contributed by atoms with Crippen LogP contribution in [0.15, 0.2) is 47.4 Å². The molecule has 3 aliphatic rings. The molecule has 1 saturated carbocycles. The largest absolute Gasteiger partial charge is 0.436 e. The van der Waals surface area contributed by atoms with E-state index in [-0.39, 0.29) is 43.5 Å². The molecule has 1 aromatic carbocycles. The highest BCUT2D eigenvalue weighted by atomic mass is 19.4. The Kier molecular flexibility index (Phi) is 8.55. The third kappa shape index (κ3) is 6.22. The van der Waals surface area contributed by atoms with Gasteiger partial charge in [-0.25, -0.2) is 18.4 Å². The first-order chi connectivity index (χ1) is 19.8. The van der Waals surface area contributed by atoms with E-state index in [1.54, 1.807) is 0 Å². The first-order valence-corrected chi connectivity index (χ1v) is 12.9.